The van der Waals surface area contributed by atoms with E-state index in [9.17, 15) is 4.79 Å². The van der Waals surface area contributed by atoms with Gasteiger partial charge in [-0.15, -0.1) is 0 Å². The van der Waals surface area contributed by atoms with Crippen molar-refractivity contribution in [1.29, 1.82) is 0 Å². The number of pyridine rings is 2. The van der Waals surface area contributed by atoms with Gasteiger partial charge in [-0.05, 0) is 35.4 Å². The number of aromatic nitrogens is 2. The van der Waals surface area contributed by atoms with Crippen LogP contribution in [0.1, 0.15) is 29.8 Å². The zero-order valence-corrected chi connectivity index (χ0v) is 16.9. The number of fused-ring (bicyclic) bond motifs is 1. The van der Waals surface area contributed by atoms with Gasteiger partial charge >= 0.3 is 0 Å². The first kappa shape index (κ1) is 19.5. The van der Waals surface area contributed by atoms with Crippen LogP contribution >= 0.6 is 0 Å². The third-order valence-electron chi connectivity index (χ3n) is 5.05. The minimum Gasteiger partial charge on any atom is -0.322 e. The summed E-state index contributed by atoms with van der Waals surface area (Å²) in [6.45, 7) is 4.33. The number of hydrazine groups is 1. The molecular weight excluding hydrogens is 378 g/mol. The van der Waals surface area contributed by atoms with Gasteiger partial charge in [-0.25, -0.2) is 15.8 Å². The Bertz CT molecular complexity index is 1110. The van der Waals surface area contributed by atoms with E-state index in [2.05, 4.69) is 15.1 Å². The average molecular weight is 401 g/mol. The van der Waals surface area contributed by atoms with E-state index in [-0.39, 0.29) is 11.8 Å². The topological polar surface area (TPSA) is 114 Å². The first-order chi connectivity index (χ1) is 14.5. The van der Waals surface area contributed by atoms with Crippen molar-refractivity contribution >= 4 is 23.4 Å². The lowest BCUT2D eigenvalue weighted by molar-refractivity contribution is 0.0996. The Morgan fingerprint density at radius 1 is 1.17 bits per heavy atom. The van der Waals surface area contributed by atoms with Crippen molar-refractivity contribution < 1.29 is 4.79 Å². The summed E-state index contributed by atoms with van der Waals surface area (Å²) in [5.41, 5.74) is 3.54. The van der Waals surface area contributed by atoms with Crippen molar-refractivity contribution in [2.45, 2.75) is 20.4 Å². The molecule has 152 valence electrons. The van der Waals surface area contributed by atoms with E-state index in [1.165, 1.54) is 5.01 Å². The molecule has 0 bridgehead atoms. The number of benzene rings is 1. The summed E-state index contributed by atoms with van der Waals surface area (Å²) >= 11 is 0. The number of nitrogens with zero attached hydrogens (tertiary/aromatic N) is 5. The van der Waals surface area contributed by atoms with Crippen molar-refractivity contribution in [3.63, 3.8) is 0 Å². The first-order valence-electron chi connectivity index (χ1n) is 9.64. The fraction of sp³-hybridized carbons (Fsp3) is 0.182. The van der Waals surface area contributed by atoms with E-state index < -0.39 is 0 Å². The van der Waals surface area contributed by atoms with Gasteiger partial charge in [-0.1, -0.05) is 38.1 Å². The summed E-state index contributed by atoms with van der Waals surface area (Å²) in [6, 6.07) is 15.1. The Hall–Kier alpha value is -3.78. The number of rotatable bonds is 4. The molecule has 30 heavy (non-hydrogen) atoms. The van der Waals surface area contributed by atoms with Gasteiger partial charge < -0.3 is 5.84 Å². The molecule has 8 nitrogen and oxygen atoms in total. The largest absolute Gasteiger partial charge is 0.322 e. The lowest BCUT2D eigenvalue weighted by atomic mass is 10.0. The molecule has 1 aliphatic rings. The average Bonchev–Trinajstić information content (AvgIpc) is 3.10. The Kier molecular flexibility index (Phi) is 5.16. The summed E-state index contributed by atoms with van der Waals surface area (Å²) in [4.78, 5) is 23.5. The second kappa shape index (κ2) is 7.92. The van der Waals surface area contributed by atoms with Crippen LogP contribution in [-0.2, 0) is 6.54 Å². The monoisotopic (exact) mass is 401 g/mol. The Labute approximate surface area is 174 Å². The fourth-order valence-electron chi connectivity index (χ4n) is 3.50. The summed E-state index contributed by atoms with van der Waals surface area (Å²) in [6.07, 6.45) is 3.51. The van der Waals surface area contributed by atoms with Gasteiger partial charge in [0.2, 0.25) is 0 Å². The van der Waals surface area contributed by atoms with Crippen LogP contribution in [0.4, 0.5) is 11.6 Å². The van der Waals surface area contributed by atoms with Gasteiger partial charge in [0.25, 0.3) is 5.91 Å². The highest BCUT2D eigenvalue weighted by Crippen LogP contribution is 2.31. The van der Waals surface area contributed by atoms with Gasteiger partial charge in [-0.3, -0.25) is 14.7 Å². The number of nitrogens with two attached hydrogens (primary N) is 2. The highest BCUT2D eigenvalue weighted by atomic mass is 16.2. The van der Waals surface area contributed by atoms with E-state index in [4.69, 9.17) is 11.7 Å². The smallest absolute Gasteiger partial charge is 0.260 e. The van der Waals surface area contributed by atoms with Gasteiger partial charge in [0, 0.05) is 29.4 Å². The number of amidine groups is 1. The van der Waals surface area contributed by atoms with Crippen LogP contribution < -0.4 is 21.6 Å². The predicted molar refractivity (Wildman–Crippen MR) is 118 cm³/mol. The van der Waals surface area contributed by atoms with Crippen molar-refractivity contribution in [3.8, 4) is 11.1 Å². The molecule has 1 aromatic carbocycles. The van der Waals surface area contributed by atoms with E-state index in [1.807, 2.05) is 50.2 Å². The first-order valence-corrected chi connectivity index (χ1v) is 9.64. The molecule has 0 saturated heterocycles. The van der Waals surface area contributed by atoms with E-state index in [0.29, 0.717) is 29.6 Å². The van der Waals surface area contributed by atoms with Gasteiger partial charge in [-0.2, -0.15) is 5.10 Å². The number of hydrogen-bond acceptors (Lipinski definition) is 6. The van der Waals surface area contributed by atoms with Crippen LogP contribution in [0.5, 0.6) is 0 Å². The molecular formula is C22H23N7O. The molecule has 0 radical (unpaired) electrons. The lowest BCUT2D eigenvalue weighted by Gasteiger charge is -2.23. The van der Waals surface area contributed by atoms with Gasteiger partial charge in [0.1, 0.15) is 11.7 Å². The third kappa shape index (κ3) is 3.48. The van der Waals surface area contributed by atoms with Crippen LogP contribution in [-0.4, -0.2) is 21.7 Å². The van der Waals surface area contributed by atoms with E-state index in [1.54, 1.807) is 29.4 Å². The Morgan fingerprint density at radius 3 is 2.70 bits per heavy atom. The normalized spacial score (nSPS) is 13.7. The minimum absolute atomic E-state index is 0.0222. The van der Waals surface area contributed by atoms with Crippen molar-refractivity contribution in [3.05, 3.63) is 72.1 Å². The number of hydrogen-bond donors (Lipinski definition) is 2. The maximum Gasteiger partial charge on any atom is 0.260 e. The maximum atomic E-state index is 13.1. The van der Waals surface area contributed by atoms with Gasteiger partial charge in [0.15, 0.2) is 5.82 Å². The second-order valence-corrected chi connectivity index (χ2v) is 7.37. The molecule has 3 aromatic rings. The quantitative estimate of drug-likeness (QED) is 0.301. The summed E-state index contributed by atoms with van der Waals surface area (Å²) < 4.78 is 0. The molecule has 0 aliphatic carbocycles. The molecule has 8 heteroatoms. The molecule has 4 N–H and O–H groups in total. The molecule has 3 heterocycles. The van der Waals surface area contributed by atoms with Gasteiger partial charge in [0.05, 0.1) is 6.54 Å². The van der Waals surface area contributed by atoms with Crippen LogP contribution in [0.3, 0.4) is 0 Å². The molecule has 0 spiro atoms. The predicted octanol–water partition coefficient (Wildman–Crippen LogP) is 2.91. The minimum atomic E-state index is -0.0967. The second-order valence-electron chi connectivity index (χ2n) is 7.37. The molecule has 1 aliphatic heterocycles. The standard InChI is InChI=1S/C22H23N7O/c1-14(2)21(27-23)29(24)20-7-3-6-19(26-20)28-13-17-9-8-15(11-18(17)22(28)30)16-5-4-10-25-12-16/h3-12,14H,13,23-24H2,1-2H3/b27-21-. The molecule has 0 unspecified atom stereocenters. The van der Waals surface area contributed by atoms with Crippen LogP contribution in [0.15, 0.2) is 66.0 Å². The third-order valence-corrected chi connectivity index (χ3v) is 5.05. The Balaban J connectivity index is 1.64. The molecule has 0 fully saturated rings. The number of amides is 1. The zero-order chi connectivity index (χ0) is 21.3. The number of carbonyl (C=O) groups excluding carboxylic acids is 1. The number of hydrazone groups is 1. The summed E-state index contributed by atoms with van der Waals surface area (Å²) in [5.74, 6) is 13.1. The van der Waals surface area contributed by atoms with E-state index >= 15 is 0 Å². The highest BCUT2D eigenvalue weighted by Gasteiger charge is 2.30. The van der Waals surface area contributed by atoms with Crippen LogP contribution in [0.25, 0.3) is 11.1 Å². The van der Waals surface area contributed by atoms with Crippen LogP contribution in [0, 0.1) is 5.92 Å². The summed E-state index contributed by atoms with van der Waals surface area (Å²) in [5, 5.41) is 5.12. The van der Waals surface area contributed by atoms with Crippen molar-refractivity contribution in [2.24, 2.45) is 22.7 Å². The lowest BCUT2D eigenvalue weighted by Crippen LogP contribution is -2.42. The molecule has 0 atom stereocenters. The van der Waals surface area contributed by atoms with Crippen LogP contribution in [0.2, 0.25) is 0 Å². The molecule has 0 saturated carbocycles. The van der Waals surface area contributed by atoms with Crippen molar-refractivity contribution in [1.82, 2.24) is 9.97 Å². The molecule has 1 amide bonds. The summed E-state index contributed by atoms with van der Waals surface area (Å²) in [7, 11) is 0. The molecule has 4 rings (SSSR count). The SMILES string of the molecule is CC(C)/C(=N/N)N(N)c1cccc(N2Cc3ccc(-c4cccnc4)cc3C2=O)n1. The fourth-order valence-corrected chi connectivity index (χ4v) is 3.50. The number of carbonyl (C=O) groups is 1. The zero-order valence-electron chi connectivity index (χ0n) is 16.9. The molecule has 2 aromatic heterocycles. The number of anilines is 2. The Morgan fingerprint density at radius 2 is 2.00 bits per heavy atom. The highest BCUT2D eigenvalue weighted by molar-refractivity contribution is 6.10. The van der Waals surface area contributed by atoms with E-state index in [0.717, 1.165) is 16.7 Å². The maximum absolute atomic E-state index is 13.1. The van der Waals surface area contributed by atoms with Crippen molar-refractivity contribution in [2.75, 3.05) is 9.91 Å².